The number of amides is 1. The van der Waals surface area contributed by atoms with Crippen molar-refractivity contribution in [2.24, 2.45) is 0 Å². The van der Waals surface area contributed by atoms with Crippen LogP contribution in [0.3, 0.4) is 0 Å². The quantitative estimate of drug-likeness (QED) is 0.684. The Hall–Kier alpha value is -1.59. The molecular weight excluding hydrogens is 172 g/mol. The van der Waals surface area contributed by atoms with E-state index in [0.717, 1.165) is 0 Å². The molecule has 0 aliphatic rings. The minimum atomic E-state index is -0.0987. The van der Waals surface area contributed by atoms with Gasteiger partial charge in [-0.25, -0.2) is 0 Å². The Bertz CT molecular complexity index is 284. The molecule has 0 bridgehead atoms. The van der Waals surface area contributed by atoms with Crippen LogP contribution in [0.4, 0.5) is 6.01 Å². The number of hydrogen-bond donors (Lipinski definition) is 2. The summed E-state index contributed by atoms with van der Waals surface area (Å²) in [6, 6.07) is 0.267. The minimum Gasteiger partial charge on any atom is -0.408 e. The maximum absolute atomic E-state index is 11.0. The second kappa shape index (κ2) is 4.44. The first-order valence-corrected chi connectivity index (χ1v) is 4.03. The molecule has 1 aromatic rings. The van der Waals surface area contributed by atoms with Crippen molar-refractivity contribution in [2.45, 2.75) is 13.8 Å². The lowest BCUT2D eigenvalue weighted by Gasteiger charge is -2.00. The van der Waals surface area contributed by atoms with Gasteiger partial charge in [0.1, 0.15) is 0 Å². The second-order valence-corrected chi connectivity index (χ2v) is 2.43. The van der Waals surface area contributed by atoms with Crippen LogP contribution >= 0.6 is 0 Å². The largest absolute Gasteiger partial charge is 0.408 e. The molecule has 0 unspecified atom stereocenters. The minimum absolute atomic E-state index is 0.0987. The van der Waals surface area contributed by atoms with E-state index in [2.05, 4.69) is 20.8 Å². The number of rotatable bonds is 4. The lowest BCUT2D eigenvalue weighted by atomic mass is 10.5. The number of anilines is 1. The van der Waals surface area contributed by atoms with E-state index in [1.54, 1.807) is 6.92 Å². The van der Waals surface area contributed by atoms with Gasteiger partial charge in [0.2, 0.25) is 11.8 Å². The Balaban J connectivity index is 2.30. The Morgan fingerprint density at radius 3 is 2.85 bits per heavy atom. The number of aryl methyl sites for hydroxylation is 1. The standard InChI is InChI=1S/C7H12N4O2/c1-3-8-6(12)4-9-7-11-10-5(2)13-7/h3-4H2,1-2H3,(H,8,12)(H,9,11). The summed E-state index contributed by atoms with van der Waals surface area (Å²) in [5, 5.41) is 12.6. The zero-order chi connectivity index (χ0) is 9.68. The average molecular weight is 184 g/mol. The molecule has 0 saturated carbocycles. The fourth-order valence-electron chi connectivity index (χ4n) is 0.784. The van der Waals surface area contributed by atoms with Gasteiger partial charge in [-0.05, 0) is 6.92 Å². The molecule has 6 heteroatoms. The molecule has 0 aliphatic heterocycles. The number of carbonyl (C=O) groups excluding carboxylic acids is 1. The average Bonchev–Trinajstić information content (AvgIpc) is 2.49. The third kappa shape index (κ3) is 3.10. The van der Waals surface area contributed by atoms with Gasteiger partial charge in [-0.3, -0.25) is 4.79 Å². The number of hydrogen-bond acceptors (Lipinski definition) is 5. The molecule has 1 aromatic heterocycles. The first-order valence-electron chi connectivity index (χ1n) is 4.03. The van der Waals surface area contributed by atoms with Gasteiger partial charge in [0.25, 0.3) is 0 Å². The number of nitrogens with zero attached hydrogens (tertiary/aromatic N) is 2. The van der Waals surface area contributed by atoms with E-state index in [4.69, 9.17) is 4.42 Å². The molecule has 1 heterocycles. The third-order valence-corrected chi connectivity index (χ3v) is 1.30. The van der Waals surface area contributed by atoms with E-state index in [9.17, 15) is 4.79 Å². The van der Waals surface area contributed by atoms with Crippen molar-refractivity contribution in [3.05, 3.63) is 5.89 Å². The molecule has 0 radical (unpaired) electrons. The summed E-state index contributed by atoms with van der Waals surface area (Å²) < 4.78 is 5.00. The molecule has 6 nitrogen and oxygen atoms in total. The number of likely N-dealkylation sites (N-methyl/N-ethyl adjacent to an activating group) is 1. The Morgan fingerprint density at radius 2 is 2.31 bits per heavy atom. The van der Waals surface area contributed by atoms with Crippen LogP contribution in [-0.4, -0.2) is 29.2 Å². The molecule has 0 spiro atoms. The fraction of sp³-hybridized carbons (Fsp3) is 0.571. The van der Waals surface area contributed by atoms with Gasteiger partial charge < -0.3 is 15.1 Å². The van der Waals surface area contributed by atoms with Crippen LogP contribution in [0.15, 0.2) is 4.42 Å². The van der Waals surface area contributed by atoms with E-state index in [0.29, 0.717) is 12.4 Å². The van der Waals surface area contributed by atoms with Crippen LogP contribution in [0.25, 0.3) is 0 Å². The van der Waals surface area contributed by atoms with E-state index in [-0.39, 0.29) is 18.5 Å². The highest BCUT2D eigenvalue weighted by Crippen LogP contribution is 2.01. The van der Waals surface area contributed by atoms with Gasteiger partial charge in [-0.1, -0.05) is 5.10 Å². The Labute approximate surface area is 75.7 Å². The summed E-state index contributed by atoms with van der Waals surface area (Å²) >= 11 is 0. The molecule has 72 valence electrons. The topological polar surface area (TPSA) is 80.0 Å². The maximum atomic E-state index is 11.0. The molecule has 0 atom stereocenters. The fourth-order valence-corrected chi connectivity index (χ4v) is 0.784. The van der Waals surface area contributed by atoms with Crippen molar-refractivity contribution in [1.29, 1.82) is 0 Å². The zero-order valence-corrected chi connectivity index (χ0v) is 7.63. The molecular formula is C7H12N4O2. The van der Waals surface area contributed by atoms with Crippen molar-refractivity contribution < 1.29 is 9.21 Å². The second-order valence-electron chi connectivity index (χ2n) is 2.43. The summed E-state index contributed by atoms with van der Waals surface area (Å²) in [7, 11) is 0. The molecule has 0 saturated heterocycles. The van der Waals surface area contributed by atoms with Crippen LogP contribution in [0.2, 0.25) is 0 Å². The highest BCUT2D eigenvalue weighted by atomic mass is 16.4. The van der Waals surface area contributed by atoms with Crippen molar-refractivity contribution >= 4 is 11.9 Å². The summed E-state index contributed by atoms with van der Waals surface area (Å²) in [6.45, 7) is 4.30. The number of nitrogens with one attached hydrogen (secondary N) is 2. The normalized spacial score (nSPS) is 9.69. The van der Waals surface area contributed by atoms with E-state index < -0.39 is 0 Å². The van der Waals surface area contributed by atoms with Gasteiger partial charge >= 0.3 is 6.01 Å². The highest BCUT2D eigenvalue weighted by Gasteiger charge is 2.03. The number of carbonyl (C=O) groups is 1. The first-order chi connectivity index (χ1) is 6.22. The Morgan fingerprint density at radius 1 is 1.54 bits per heavy atom. The lowest BCUT2D eigenvalue weighted by Crippen LogP contribution is -2.29. The molecule has 1 rings (SSSR count). The summed E-state index contributed by atoms with van der Waals surface area (Å²) in [4.78, 5) is 11.0. The lowest BCUT2D eigenvalue weighted by molar-refractivity contribution is -0.119. The monoisotopic (exact) mass is 184 g/mol. The van der Waals surface area contributed by atoms with Crippen molar-refractivity contribution in [3.63, 3.8) is 0 Å². The van der Waals surface area contributed by atoms with Gasteiger partial charge in [0, 0.05) is 13.5 Å². The van der Waals surface area contributed by atoms with E-state index in [1.165, 1.54) is 0 Å². The SMILES string of the molecule is CCNC(=O)CNc1nnc(C)o1. The highest BCUT2D eigenvalue weighted by molar-refractivity contribution is 5.79. The summed E-state index contributed by atoms with van der Waals surface area (Å²) in [6.07, 6.45) is 0. The van der Waals surface area contributed by atoms with Crippen LogP contribution in [-0.2, 0) is 4.79 Å². The van der Waals surface area contributed by atoms with Gasteiger partial charge in [0.15, 0.2) is 0 Å². The molecule has 1 amide bonds. The van der Waals surface area contributed by atoms with Crippen LogP contribution < -0.4 is 10.6 Å². The van der Waals surface area contributed by atoms with E-state index >= 15 is 0 Å². The zero-order valence-electron chi connectivity index (χ0n) is 7.63. The summed E-state index contributed by atoms with van der Waals surface area (Å²) in [5.41, 5.74) is 0. The van der Waals surface area contributed by atoms with E-state index in [1.807, 2.05) is 6.92 Å². The van der Waals surface area contributed by atoms with Crippen molar-refractivity contribution in [2.75, 3.05) is 18.4 Å². The predicted molar refractivity (Wildman–Crippen MR) is 46.2 cm³/mol. The van der Waals surface area contributed by atoms with Crippen molar-refractivity contribution in [1.82, 2.24) is 15.5 Å². The smallest absolute Gasteiger partial charge is 0.315 e. The number of aromatic nitrogens is 2. The van der Waals surface area contributed by atoms with Gasteiger partial charge in [-0.2, -0.15) is 0 Å². The molecule has 0 aromatic carbocycles. The molecule has 13 heavy (non-hydrogen) atoms. The van der Waals surface area contributed by atoms with Crippen molar-refractivity contribution in [3.8, 4) is 0 Å². The first kappa shape index (κ1) is 9.50. The Kier molecular flexibility index (Phi) is 3.24. The summed E-state index contributed by atoms with van der Waals surface area (Å²) in [5.74, 6) is 0.372. The predicted octanol–water partition coefficient (Wildman–Crippen LogP) is -0.0740. The van der Waals surface area contributed by atoms with Gasteiger partial charge in [-0.15, -0.1) is 5.10 Å². The third-order valence-electron chi connectivity index (χ3n) is 1.30. The maximum Gasteiger partial charge on any atom is 0.315 e. The van der Waals surface area contributed by atoms with Crippen LogP contribution in [0, 0.1) is 6.92 Å². The molecule has 2 N–H and O–H groups in total. The molecule has 0 fully saturated rings. The van der Waals surface area contributed by atoms with Crippen LogP contribution in [0.5, 0.6) is 0 Å². The van der Waals surface area contributed by atoms with Crippen LogP contribution in [0.1, 0.15) is 12.8 Å². The molecule has 0 aliphatic carbocycles. The van der Waals surface area contributed by atoms with Gasteiger partial charge in [0.05, 0.1) is 6.54 Å².